The molecule has 0 atom stereocenters. The quantitative estimate of drug-likeness (QED) is 0.513. The molecule has 1 saturated heterocycles. The van der Waals surface area contributed by atoms with Crippen molar-refractivity contribution in [1.82, 2.24) is 14.9 Å². The number of hydrogen-bond acceptors (Lipinski definition) is 6. The number of imidazole rings is 1. The number of nitrogens with zero attached hydrogens (tertiary/aromatic N) is 2. The molecule has 3 aromatic rings. The molecule has 3 heterocycles. The molecule has 8 heteroatoms. The van der Waals surface area contributed by atoms with Gasteiger partial charge in [-0.05, 0) is 73.1 Å². The van der Waals surface area contributed by atoms with Gasteiger partial charge in [-0.25, -0.2) is 4.98 Å². The highest BCUT2D eigenvalue weighted by Gasteiger charge is 2.36. The molecule has 1 fully saturated rings. The van der Waals surface area contributed by atoms with Gasteiger partial charge in [-0.15, -0.1) is 0 Å². The standard InChI is InChI=1S/C21H21N3O3S2/c1-11(2)13-5-7-15-16(9-13)23-20(22-15)29-18-8-6-14(27-18)10-17-19(25)24(12(3)4)21(26)28-17/h5-12H,1-4H3,(H,22,23)/b17-10-. The smallest absolute Gasteiger partial charge is 0.293 e. The number of nitrogens with one attached hydrogen (secondary N) is 1. The molecular formula is C21H21N3O3S2. The zero-order valence-electron chi connectivity index (χ0n) is 16.6. The summed E-state index contributed by atoms with van der Waals surface area (Å²) < 4.78 is 5.82. The average Bonchev–Trinajstić information content (AvgIpc) is 3.32. The van der Waals surface area contributed by atoms with E-state index in [1.54, 1.807) is 12.1 Å². The first-order valence-electron chi connectivity index (χ1n) is 9.36. The number of hydrogen-bond donors (Lipinski definition) is 1. The van der Waals surface area contributed by atoms with Gasteiger partial charge in [0.2, 0.25) is 0 Å². The van der Waals surface area contributed by atoms with E-state index < -0.39 is 0 Å². The molecule has 2 amide bonds. The monoisotopic (exact) mass is 427 g/mol. The SMILES string of the molecule is CC(C)c1ccc2nc(Sc3ccc(/C=C4\SC(=O)N(C(C)C)C4=O)o3)[nH]c2c1. The number of furan rings is 1. The van der Waals surface area contributed by atoms with Gasteiger partial charge in [-0.1, -0.05) is 19.9 Å². The molecule has 0 aliphatic carbocycles. The maximum absolute atomic E-state index is 12.4. The van der Waals surface area contributed by atoms with Crippen LogP contribution in [0.25, 0.3) is 17.1 Å². The lowest BCUT2D eigenvalue weighted by Crippen LogP contribution is -2.34. The normalized spacial score (nSPS) is 16.3. The van der Waals surface area contributed by atoms with Crippen molar-refractivity contribution in [3.8, 4) is 0 Å². The van der Waals surface area contributed by atoms with E-state index in [0.29, 0.717) is 21.7 Å². The molecule has 6 nitrogen and oxygen atoms in total. The van der Waals surface area contributed by atoms with Crippen LogP contribution < -0.4 is 0 Å². The average molecular weight is 428 g/mol. The third-order valence-electron chi connectivity index (χ3n) is 4.56. The fraction of sp³-hybridized carbons (Fsp3) is 0.286. The number of carbonyl (C=O) groups is 2. The third-order valence-corrected chi connectivity index (χ3v) is 6.25. The number of H-pyrrole nitrogens is 1. The number of thioether (sulfide) groups is 1. The molecule has 150 valence electrons. The minimum atomic E-state index is -0.279. The highest BCUT2D eigenvalue weighted by molar-refractivity contribution is 8.18. The molecule has 29 heavy (non-hydrogen) atoms. The Morgan fingerprint density at radius 3 is 2.66 bits per heavy atom. The molecule has 1 aliphatic rings. The van der Waals surface area contributed by atoms with Gasteiger partial charge in [-0.2, -0.15) is 0 Å². The molecule has 0 unspecified atom stereocenters. The second-order valence-corrected chi connectivity index (χ2v) is 9.36. The van der Waals surface area contributed by atoms with Crippen LogP contribution in [0.3, 0.4) is 0 Å². The van der Waals surface area contributed by atoms with Crippen molar-refractivity contribution in [2.45, 2.75) is 49.9 Å². The minimum absolute atomic E-state index is 0.166. The molecular weight excluding hydrogens is 406 g/mol. The van der Waals surface area contributed by atoms with Gasteiger partial charge in [0.05, 0.1) is 15.9 Å². The van der Waals surface area contributed by atoms with E-state index in [9.17, 15) is 9.59 Å². The third kappa shape index (κ3) is 4.00. The van der Waals surface area contributed by atoms with Crippen LogP contribution in [0, 0.1) is 0 Å². The van der Waals surface area contributed by atoms with E-state index in [1.807, 2.05) is 26.0 Å². The van der Waals surface area contributed by atoms with E-state index in [0.717, 1.165) is 28.0 Å². The lowest BCUT2D eigenvalue weighted by molar-refractivity contribution is -0.123. The van der Waals surface area contributed by atoms with Gasteiger partial charge < -0.3 is 9.40 Å². The van der Waals surface area contributed by atoms with Crippen molar-refractivity contribution in [2.75, 3.05) is 0 Å². The van der Waals surface area contributed by atoms with Crippen LogP contribution >= 0.6 is 23.5 Å². The van der Waals surface area contributed by atoms with Gasteiger partial charge >= 0.3 is 0 Å². The fourth-order valence-electron chi connectivity index (χ4n) is 3.03. The van der Waals surface area contributed by atoms with Crippen molar-refractivity contribution in [3.63, 3.8) is 0 Å². The van der Waals surface area contributed by atoms with Crippen LogP contribution in [0.4, 0.5) is 4.79 Å². The second kappa shape index (κ2) is 7.76. The van der Waals surface area contributed by atoms with E-state index in [2.05, 4.69) is 35.9 Å². The first-order valence-corrected chi connectivity index (χ1v) is 11.0. The molecule has 0 radical (unpaired) electrons. The number of benzene rings is 1. The highest BCUT2D eigenvalue weighted by Crippen LogP contribution is 2.35. The number of fused-ring (bicyclic) bond motifs is 1. The van der Waals surface area contributed by atoms with Gasteiger partial charge in [-0.3, -0.25) is 14.5 Å². The highest BCUT2D eigenvalue weighted by atomic mass is 32.2. The van der Waals surface area contributed by atoms with Crippen molar-refractivity contribution >= 4 is 51.8 Å². The summed E-state index contributed by atoms with van der Waals surface area (Å²) in [6.07, 6.45) is 1.62. The fourth-order valence-corrected chi connectivity index (χ4v) is 4.74. The van der Waals surface area contributed by atoms with Crippen LogP contribution in [0.2, 0.25) is 0 Å². The number of imide groups is 1. The molecule has 0 bridgehead atoms. The predicted octanol–water partition coefficient (Wildman–Crippen LogP) is 5.88. The summed E-state index contributed by atoms with van der Waals surface area (Å²) in [4.78, 5) is 33.9. The first kappa shape index (κ1) is 19.8. The number of rotatable bonds is 5. The van der Waals surface area contributed by atoms with Crippen molar-refractivity contribution in [3.05, 3.63) is 46.6 Å². The van der Waals surface area contributed by atoms with E-state index in [1.165, 1.54) is 22.2 Å². The van der Waals surface area contributed by atoms with E-state index in [-0.39, 0.29) is 17.2 Å². The summed E-state index contributed by atoms with van der Waals surface area (Å²) in [6.45, 7) is 7.96. The zero-order valence-corrected chi connectivity index (χ0v) is 18.2. The lowest BCUT2D eigenvalue weighted by Gasteiger charge is -2.16. The topological polar surface area (TPSA) is 79.2 Å². The van der Waals surface area contributed by atoms with Crippen LogP contribution in [0.5, 0.6) is 0 Å². The Balaban J connectivity index is 1.52. The maximum atomic E-state index is 12.4. The van der Waals surface area contributed by atoms with Gasteiger partial charge in [0.25, 0.3) is 11.1 Å². The lowest BCUT2D eigenvalue weighted by atomic mass is 10.0. The molecule has 1 N–H and O–H groups in total. The Kier molecular flexibility index (Phi) is 5.31. The van der Waals surface area contributed by atoms with Crippen molar-refractivity contribution in [1.29, 1.82) is 0 Å². The second-order valence-electron chi connectivity index (χ2n) is 7.38. The number of amides is 2. The van der Waals surface area contributed by atoms with Crippen molar-refractivity contribution < 1.29 is 14.0 Å². The predicted molar refractivity (Wildman–Crippen MR) is 116 cm³/mol. The van der Waals surface area contributed by atoms with Crippen LogP contribution in [-0.2, 0) is 4.79 Å². The molecule has 0 saturated carbocycles. The van der Waals surface area contributed by atoms with E-state index in [4.69, 9.17) is 4.42 Å². The van der Waals surface area contributed by atoms with Crippen LogP contribution in [0.1, 0.15) is 44.9 Å². The Bertz CT molecular complexity index is 1130. The number of aromatic amines is 1. The molecule has 1 aliphatic heterocycles. The minimum Gasteiger partial charge on any atom is -0.450 e. The van der Waals surface area contributed by atoms with Crippen molar-refractivity contribution in [2.24, 2.45) is 0 Å². The Morgan fingerprint density at radius 2 is 1.97 bits per heavy atom. The van der Waals surface area contributed by atoms with Crippen LogP contribution in [-0.4, -0.2) is 32.1 Å². The van der Waals surface area contributed by atoms with Crippen LogP contribution in [0.15, 0.2) is 49.9 Å². The Labute approximate surface area is 177 Å². The maximum Gasteiger partial charge on any atom is 0.293 e. The number of carbonyl (C=O) groups excluding carboxylic acids is 2. The summed E-state index contributed by atoms with van der Waals surface area (Å²) in [6, 6.07) is 9.68. The van der Waals surface area contributed by atoms with Gasteiger partial charge in [0, 0.05) is 12.1 Å². The molecule has 0 spiro atoms. The van der Waals surface area contributed by atoms with Gasteiger partial charge in [0.15, 0.2) is 10.2 Å². The summed E-state index contributed by atoms with van der Waals surface area (Å²) in [7, 11) is 0. The zero-order chi connectivity index (χ0) is 20.7. The largest absolute Gasteiger partial charge is 0.450 e. The number of aromatic nitrogens is 2. The summed E-state index contributed by atoms with van der Waals surface area (Å²) >= 11 is 2.32. The molecule has 1 aromatic carbocycles. The molecule has 4 rings (SSSR count). The summed E-state index contributed by atoms with van der Waals surface area (Å²) in [5.41, 5.74) is 3.16. The Morgan fingerprint density at radius 1 is 1.17 bits per heavy atom. The Hall–Kier alpha value is -2.45. The summed E-state index contributed by atoms with van der Waals surface area (Å²) in [5.74, 6) is 0.702. The van der Waals surface area contributed by atoms with E-state index >= 15 is 0 Å². The first-order chi connectivity index (χ1) is 13.8. The summed E-state index contributed by atoms with van der Waals surface area (Å²) in [5, 5.41) is 1.14. The van der Waals surface area contributed by atoms with Gasteiger partial charge in [0.1, 0.15) is 5.76 Å². The molecule has 2 aromatic heterocycles.